The Morgan fingerprint density at radius 1 is 1.04 bits per heavy atom. The molecule has 1 aromatic heterocycles. The number of amides is 1. The van der Waals surface area contributed by atoms with E-state index < -0.39 is 0 Å². The molecule has 0 bridgehead atoms. The van der Waals surface area contributed by atoms with Gasteiger partial charge in [-0.05, 0) is 36.6 Å². The summed E-state index contributed by atoms with van der Waals surface area (Å²) in [5.74, 6) is 0.984. The van der Waals surface area contributed by atoms with Crippen molar-refractivity contribution < 1.29 is 4.79 Å². The normalized spacial score (nSPS) is 19.4. The smallest absolute Gasteiger partial charge is 0.233 e. The quantitative estimate of drug-likeness (QED) is 0.848. The lowest BCUT2D eigenvalue weighted by Crippen LogP contribution is -2.57. The van der Waals surface area contributed by atoms with Crippen molar-refractivity contribution in [2.75, 3.05) is 31.1 Å². The number of hydrogen-bond acceptors (Lipinski definition) is 4. The summed E-state index contributed by atoms with van der Waals surface area (Å²) in [6.45, 7) is 2.95. The summed E-state index contributed by atoms with van der Waals surface area (Å²) in [6, 6.07) is 9.61. The summed E-state index contributed by atoms with van der Waals surface area (Å²) in [4.78, 5) is 26.0. The highest BCUT2D eigenvalue weighted by molar-refractivity contribution is 6.30. The van der Waals surface area contributed by atoms with Crippen LogP contribution in [0, 0.1) is 0 Å². The molecular formula is C19H21ClN4O. The fraction of sp³-hybridized carbons (Fsp3) is 0.421. The predicted octanol–water partition coefficient (Wildman–Crippen LogP) is 2.90. The van der Waals surface area contributed by atoms with E-state index in [1.54, 1.807) is 12.4 Å². The second kappa shape index (κ2) is 6.64. The zero-order valence-corrected chi connectivity index (χ0v) is 14.8. The third-order valence-electron chi connectivity index (χ3n) is 5.40. The first-order valence-electron chi connectivity index (χ1n) is 8.76. The summed E-state index contributed by atoms with van der Waals surface area (Å²) < 4.78 is 0. The van der Waals surface area contributed by atoms with Crippen LogP contribution in [-0.2, 0) is 10.2 Å². The van der Waals surface area contributed by atoms with Crippen LogP contribution in [0.5, 0.6) is 0 Å². The van der Waals surface area contributed by atoms with Crippen LogP contribution in [-0.4, -0.2) is 47.0 Å². The minimum absolute atomic E-state index is 0.245. The lowest BCUT2D eigenvalue weighted by Gasteiger charge is -2.46. The molecule has 2 aromatic rings. The van der Waals surface area contributed by atoms with Gasteiger partial charge in [-0.1, -0.05) is 30.2 Å². The maximum Gasteiger partial charge on any atom is 0.233 e. The molecule has 2 fully saturated rings. The Bertz CT molecular complexity index is 755. The van der Waals surface area contributed by atoms with Crippen LogP contribution < -0.4 is 4.90 Å². The summed E-state index contributed by atoms with van der Waals surface area (Å²) in [6.07, 6.45) is 6.42. The van der Waals surface area contributed by atoms with Crippen LogP contribution in [0.15, 0.2) is 42.7 Å². The van der Waals surface area contributed by atoms with Gasteiger partial charge in [-0.15, -0.1) is 0 Å². The number of piperazine rings is 1. The zero-order valence-electron chi connectivity index (χ0n) is 14.1. The van der Waals surface area contributed by atoms with Crippen LogP contribution in [0.3, 0.4) is 0 Å². The van der Waals surface area contributed by atoms with E-state index >= 15 is 0 Å². The largest absolute Gasteiger partial charge is 0.338 e. The standard InChI is InChI=1S/C19H21ClN4O/c20-16-5-1-4-15(14-16)19(6-2-7-19)17(25)23-10-12-24(13-11-23)18-21-8-3-9-22-18/h1,3-5,8-9,14H,2,6-7,10-13H2. The van der Waals surface area contributed by atoms with Crippen molar-refractivity contribution in [1.82, 2.24) is 14.9 Å². The number of rotatable bonds is 3. The van der Waals surface area contributed by atoms with Crippen molar-refractivity contribution in [2.24, 2.45) is 0 Å². The Hall–Kier alpha value is -2.14. The maximum absolute atomic E-state index is 13.3. The Labute approximate surface area is 152 Å². The third-order valence-corrected chi connectivity index (χ3v) is 5.63. The minimum atomic E-state index is -0.379. The number of carbonyl (C=O) groups is 1. The number of benzene rings is 1. The number of halogens is 1. The van der Waals surface area contributed by atoms with Gasteiger partial charge in [-0.25, -0.2) is 9.97 Å². The van der Waals surface area contributed by atoms with Gasteiger partial charge in [-0.3, -0.25) is 4.79 Å². The number of aromatic nitrogens is 2. The molecule has 5 nitrogen and oxygen atoms in total. The van der Waals surface area contributed by atoms with Gasteiger partial charge in [-0.2, -0.15) is 0 Å². The molecule has 4 rings (SSSR count). The lowest BCUT2D eigenvalue weighted by molar-refractivity contribution is -0.141. The molecule has 0 N–H and O–H groups in total. The van der Waals surface area contributed by atoms with Crippen molar-refractivity contribution >= 4 is 23.5 Å². The molecule has 2 aliphatic rings. The van der Waals surface area contributed by atoms with Gasteiger partial charge in [0.05, 0.1) is 5.41 Å². The van der Waals surface area contributed by atoms with E-state index in [2.05, 4.69) is 14.9 Å². The average Bonchev–Trinajstić information content (AvgIpc) is 2.62. The molecule has 1 aliphatic carbocycles. The summed E-state index contributed by atoms with van der Waals surface area (Å²) in [7, 11) is 0. The van der Waals surface area contributed by atoms with Gasteiger partial charge in [0, 0.05) is 43.6 Å². The maximum atomic E-state index is 13.3. The molecule has 0 unspecified atom stereocenters. The molecule has 0 atom stereocenters. The van der Waals surface area contributed by atoms with Crippen LogP contribution in [0.25, 0.3) is 0 Å². The van der Waals surface area contributed by atoms with Crippen molar-refractivity contribution in [3.05, 3.63) is 53.3 Å². The highest BCUT2D eigenvalue weighted by atomic mass is 35.5. The van der Waals surface area contributed by atoms with Gasteiger partial charge in [0.1, 0.15) is 0 Å². The SMILES string of the molecule is O=C(N1CCN(c2ncccn2)CC1)C1(c2cccc(Cl)c2)CCC1. The van der Waals surface area contributed by atoms with Crippen LogP contribution in [0.4, 0.5) is 5.95 Å². The van der Waals surface area contributed by atoms with E-state index in [4.69, 9.17) is 11.6 Å². The van der Waals surface area contributed by atoms with Gasteiger partial charge in [0.2, 0.25) is 11.9 Å². The molecule has 25 heavy (non-hydrogen) atoms. The lowest BCUT2D eigenvalue weighted by atomic mass is 9.63. The molecule has 130 valence electrons. The number of nitrogens with zero attached hydrogens (tertiary/aromatic N) is 4. The second-order valence-corrected chi connectivity index (χ2v) is 7.21. The molecule has 0 spiro atoms. The average molecular weight is 357 g/mol. The second-order valence-electron chi connectivity index (χ2n) is 6.77. The molecule has 1 aromatic carbocycles. The van der Waals surface area contributed by atoms with Crippen molar-refractivity contribution in [3.8, 4) is 0 Å². The Morgan fingerprint density at radius 2 is 1.76 bits per heavy atom. The Kier molecular flexibility index (Phi) is 4.34. The first-order valence-corrected chi connectivity index (χ1v) is 9.14. The van der Waals surface area contributed by atoms with E-state index in [0.29, 0.717) is 18.1 Å². The van der Waals surface area contributed by atoms with E-state index in [1.165, 1.54) is 0 Å². The van der Waals surface area contributed by atoms with Crippen LogP contribution >= 0.6 is 11.6 Å². The topological polar surface area (TPSA) is 49.3 Å². The summed E-state index contributed by atoms with van der Waals surface area (Å²) in [5.41, 5.74) is 0.682. The fourth-order valence-corrected chi connectivity index (χ4v) is 4.00. The van der Waals surface area contributed by atoms with Crippen LogP contribution in [0.1, 0.15) is 24.8 Å². The highest BCUT2D eigenvalue weighted by Gasteiger charge is 2.48. The van der Waals surface area contributed by atoms with Gasteiger partial charge < -0.3 is 9.80 Å². The van der Waals surface area contributed by atoms with E-state index in [0.717, 1.165) is 43.9 Å². The van der Waals surface area contributed by atoms with E-state index in [9.17, 15) is 4.79 Å². The molecular weight excluding hydrogens is 336 g/mol. The first kappa shape index (κ1) is 16.3. The summed E-state index contributed by atoms with van der Waals surface area (Å²) in [5, 5.41) is 0.697. The van der Waals surface area contributed by atoms with Gasteiger partial charge in [0.25, 0.3) is 0 Å². The Balaban J connectivity index is 1.48. The number of carbonyl (C=O) groups excluding carboxylic acids is 1. The van der Waals surface area contributed by atoms with E-state index in [1.807, 2.05) is 35.2 Å². The Morgan fingerprint density at radius 3 is 2.36 bits per heavy atom. The third kappa shape index (κ3) is 2.97. The molecule has 1 amide bonds. The number of anilines is 1. The molecule has 0 radical (unpaired) electrons. The molecule has 1 saturated carbocycles. The highest BCUT2D eigenvalue weighted by Crippen LogP contribution is 2.45. The van der Waals surface area contributed by atoms with Crippen molar-refractivity contribution in [1.29, 1.82) is 0 Å². The molecule has 1 aliphatic heterocycles. The molecule has 1 saturated heterocycles. The zero-order chi connectivity index (χ0) is 17.3. The fourth-order valence-electron chi connectivity index (χ4n) is 3.81. The molecule has 6 heteroatoms. The minimum Gasteiger partial charge on any atom is -0.338 e. The van der Waals surface area contributed by atoms with Crippen LogP contribution in [0.2, 0.25) is 5.02 Å². The number of hydrogen-bond donors (Lipinski definition) is 0. The summed E-state index contributed by atoms with van der Waals surface area (Å²) >= 11 is 6.16. The van der Waals surface area contributed by atoms with Gasteiger partial charge >= 0.3 is 0 Å². The predicted molar refractivity (Wildman–Crippen MR) is 97.8 cm³/mol. The van der Waals surface area contributed by atoms with Crippen molar-refractivity contribution in [2.45, 2.75) is 24.7 Å². The molecule has 2 heterocycles. The first-order chi connectivity index (χ1) is 12.2. The monoisotopic (exact) mass is 356 g/mol. The van der Waals surface area contributed by atoms with Gasteiger partial charge in [0.15, 0.2) is 0 Å². The van der Waals surface area contributed by atoms with E-state index in [-0.39, 0.29) is 11.3 Å². The van der Waals surface area contributed by atoms with Crippen molar-refractivity contribution in [3.63, 3.8) is 0 Å².